The van der Waals surface area contributed by atoms with Crippen LogP contribution in [0.15, 0.2) is 42.5 Å². The van der Waals surface area contributed by atoms with Crippen molar-refractivity contribution >= 4 is 17.3 Å². The molecule has 1 heterocycles. The number of nitrogens with zero attached hydrogens (tertiary/aromatic N) is 1. The minimum atomic E-state index is 0.0109. The summed E-state index contributed by atoms with van der Waals surface area (Å²) in [4.78, 5) is 14.7. The minimum Gasteiger partial charge on any atom is -0.397 e. The van der Waals surface area contributed by atoms with E-state index in [1.54, 1.807) is 0 Å². The third-order valence-electron chi connectivity index (χ3n) is 4.44. The average molecular weight is 264 g/mol. The molecule has 2 aromatic carbocycles. The lowest BCUT2D eigenvalue weighted by molar-refractivity contribution is -0.120. The van der Waals surface area contributed by atoms with Crippen molar-refractivity contribution in [3.8, 4) is 0 Å². The number of hydrogen-bond donors (Lipinski definition) is 1. The second-order valence-corrected chi connectivity index (χ2v) is 5.55. The van der Waals surface area contributed by atoms with Gasteiger partial charge in [0.15, 0.2) is 0 Å². The number of nitrogens with two attached hydrogens (primary N) is 1. The van der Waals surface area contributed by atoms with Gasteiger partial charge in [-0.25, -0.2) is 0 Å². The van der Waals surface area contributed by atoms with E-state index in [0.29, 0.717) is 5.69 Å². The fourth-order valence-corrected chi connectivity index (χ4v) is 3.37. The van der Waals surface area contributed by atoms with Crippen LogP contribution in [0.1, 0.15) is 22.6 Å². The monoisotopic (exact) mass is 264 g/mol. The number of fused-ring (bicyclic) bond motifs is 2. The standard InChI is InChI=1S/C17H16N2O/c18-15-7-3-5-11-8-9-19(16(11)15)17(20)14-10-12-4-1-2-6-13(12)14/h1-7,14H,8-10,18H2. The Bertz CT molecular complexity index is 708. The molecule has 2 aliphatic rings. The normalized spacial score (nSPS) is 19.2. The molecule has 20 heavy (non-hydrogen) atoms. The fraction of sp³-hybridized carbons (Fsp3) is 0.235. The number of anilines is 2. The zero-order chi connectivity index (χ0) is 13.7. The van der Waals surface area contributed by atoms with E-state index in [1.165, 1.54) is 16.7 Å². The highest BCUT2D eigenvalue weighted by molar-refractivity contribution is 6.03. The van der Waals surface area contributed by atoms with Gasteiger partial charge < -0.3 is 10.6 Å². The summed E-state index contributed by atoms with van der Waals surface area (Å²) in [5.74, 6) is 0.206. The van der Waals surface area contributed by atoms with Crippen LogP contribution in [0.5, 0.6) is 0 Å². The minimum absolute atomic E-state index is 0.0109. The third-order valence-corrected chi connectivity index (χ3v) is 4.44. The van der Waals surface area contributed by atoms with Crippen LogP contribution in [0.25, 0.3) is 0 Å². The summed E-state index contributed by atoms with van der Waals surface area (Å²) >= 11 is 0. The summed E-state index contributed by atoms with van der Waals surface area (Å²) in [7, 11) is 0. The molecular formula is C17H16N2O. The maximum absolute atomic E-state index is 12.8. The summed E-state index contributed by atoms with van der Waals surface area (Å²) < 4.78 is 0. The Balaban J connectivity index is 1.67. The largest absolute Gasteiger partial charge is 0.397 e. The maximum Gasteiger partial charge on any atom is 0.234 e. The lowest BCUT2D eigenvalue weighted by Crippen LogP contribution is -2.38. The molecule has 1 amide bonds. The van der Waals surface area contributed by atoms with E-state index < -0.39 is 0 Å². The van der Waals surface area contributed by atoms with E-state index in [1.807, 2.05) is 29.2 Å². The van der Waals surface area contributed by atoms with Crippen molar-refractivity contribution in [1.82, 2.24) is 0 Å². The van der Waals surface area contributed by atoms with Crippen LogP contribution < -0.4 is 10.6 Å². The predicted molar refractivity (Wildman–Crippen MR) is 79.8 cm³/mol. The molecule has 4 rings (SSSR count). The van der Waals surface area contributed by atoms with Crippen molar-refractivity contribution in [2.75, 3.05) is 17.2 Å². The lowest BCUT2D eigenvalue weighted by atomic mass is 9.77. The van der Waals surface area contributed by atoms with E-state index in [-0.39, 0.29) is 11.8 Å². The molecule has 0 aromatic heterocycles. The summed E-state index contributed by atoms with van der Waals surface area (Å²) in [6, 6.07) is 14.1. The van der Waals surface area contributed by atoms with Gasteiger partial charge in [-0.15, -0.1) is 0 Å². The Morgan fingerprint density at radius 2 is 1.90 bits per heavy atom. The number of hydrogen-bond acceptors (Lipinski definition) is 2. The Hall–Kier alpha value is -2.29. The molecule has 0 spiro atoms. The van der Waals surface area contributed by atoms with E-state index >= 15 is 0 Å². The van der Waals surface area contributed by atoms with Crippen molar-refractivity contribution in [3.63, 3.8) is 0 Å². The smallest absolute Gasteiger partial charge is 0.234 e. The van der Waals surface area contributed by atoms with Crippen LogP contribution in [-0.4, -0.2) is 12.5 Å². The first-order valence-corrected chi connectivity index (χ1v) is 7.02. The Morgan fingerprint density at radius 1 is 1.10 bits per heavy atom. The molecule has 1 atom stereocenters. The third kappa shape index (κ3) is 1.49. The van der Waals surface area contributed by atoms with E-state index in [2.05, 4.69) is 18.2 Å². The summed E-state index contributed by atoms with van der Waals surface area (Å²) in [5, 5.41) is 0. The predicted octanol–water partition coefficient (Wildman–Crippen LogP) is 2.50. The van der Waals surface area contributed by atoms with Crippen LogP contribution >= 0.6 is 0 Å². The highest BCUT2D eigenvalue weighted by Gasteiger charge is 2.37. The van der Waals surface area contributed by atoms with Gasteiger partial charge in [0.1, 0.15) is 0 Å². The molecule has 3 nitrogen and oxygen atoms in total. The number of nitrogen functional groups attached to an aromatic ring is 1. The van der Waals surface area contributed by atoms with Gasteiger partial charge in [-0.3, -0.25) is 4.79 Å². The number of rotatable bonds is 1. The highest BCUT2D eigenvalue weighted by Crippen LogP contribution is 2.40. The van der Waals surface area contributed by atoms with Crippen LogP contribution in [0.4, 0.5) is 11.4 Å². The van der Waals surface area contributed by atoms with Crippen molar-refractivity contribution in [3.05, 3.63) is 59.2 Å². The van der Waals surface area contributed by atoms with Gasteiger partial charge in [-0.1, -0.05) is 36.4 Å². The topological polar surface area (TPSA) is 46.3 Å². The van der Waals surface area contributed by atoms with Gasteiger partial charge in [0, 0.05) is 6.54 Å². The van der Waals surface area contributed by atoms with Gasteiger partial charge >= 0.3 is 0 Å². The molecule has 0 fully saturated rings. The van der Waals surface area contributed by atoms with E-state index in [9.17, 15) is 4.79 Å². The number of para-hydroxylation sites is 1. The number of amides is 1. The van der Waals surface area contributed by atoms with Crippen molar-refractivity contribution in [2.45, 2.75) is 18.8 Å². The number of benzene rings is 2. The van der Waals surface area contributed by atoms with Crippen molar-refractivity contribution in [2.24, 2.45) is 0 Å². The Labute approximate surface area is 118 Å². The molecule has 1 aliphatic carbocycles. The molecule has 1 aliphatic heterocycles. The maximum atomic E-state index is 12.8. The average Bonchev–Trinajstić information content (AvgIpc) is 2.85. The van der Waals surface area contributed by atoms with Crippen LogP contribution in [0, 0.1) is 0 Å². The number of carbonyl (C=O) groups excluding carboxylic acids is 1. The quantitative estimate of drug-likeness (QED) is 0.804. The zero-order valence-corrected chi connectivity index (χ0v) is 11.2. The molecule has 0 radical (unpaired) electrons. The fourth-order valence-electron chi connectivity index (χ4n) is 3.37. The molecule has 2 N–H and O–H groups in total. The molecule has 3 heteroatoms. The summed E-state index contributed by atoms with van der Waals surface area (Å²) in [5.41, 5.74) is 11.4. The first-order valence-electron chi connectivity index (χ1n) is 7.02. The molecule has 0 saturated heterocycles. The lowest BCUT2D eigenvalue weighted by Gasteiger charge is -2.32. The second kappa shape index (κ2) is 4.10. The molecule has 0 bridgehead atoms. The number of carbonyl (C=O) groups is 1. The van der Waals surface area contributed by atoms with Gasteiger partial charge in [-0.2, -0.15) is 0 Å². The Kier molecular flexibility index (Phi) is 2.36. The van der Waals surface area contributed by atoms with E-state index in [0.717, 1.165) is 25.1 Å². The summed E-state index contributed by atoms with van der Waals surface area (Å²) in [6.45, 7) is 0.751. The van der Waals surface area contributed by atoms with E-state index in [4.69, 9.17) is 5.73 Å². The highest BCUT2D eigenvalue weighted by atomic mass is 16.2. The first-order chi connectivity index (χ1) is 9.75. The van der Waals surface area contributed by atoms with Crippen molar-refractivity contribution < 1.29 is 4.79 Å². The van der Waals surface area contributed by atoms with Gasteiger partial charge in [-0.05, 0) is 35.6 Å². The SMILES string of the molecule is Nc1cccc2c1N(C(=O)C1Cc3ccccc31)CC2. The molecule has 0 saturated carbocycles. The van der Waals surface area contributed by atoms with Crippen molar-refractivity contribution in [1.29, 1.82) is 0 Å². The van der Waals surface area contributed by atoms with Crippen LogP contribution in [-0.2, 0) is 17.6 Å². The van der Waals surface area contributed by atoms with Crippen LogP contribution in [0.3, 0.4) is 0 Å². The van der Waals surface area contributed by atoms with Gasteiger partial charge in [0.2, 0.25) is 5.91 Å². The summed E-state index contributed by atoms with van der Waals surface area (Å²) in [6.07, 6.45) is 1.76. The second-order valence-electron chi connectivity index (χ2n) is 5.55. The first kappa shape index (κ1) is 11.5. The van der Waals surface area contributed by atoms with Gasteiger partial charge in [0.25, 0.3) is 0 Å². The molecular weight excluding hydrogens is 248 g/mol. The molecule has 2 aromatic rings. The Morgan fingerprint density at radius 3 is 2.75 bits per heavy atom. The van der Waals surface area contributed by atoms with Crippen LogP contribution in [0.2, 0.25) is 0 Å². The van der Waals surface area contributed by atoms with Gasteiger partial charge in [0.05, 0.1) is 17.3 Å². The molecule has 1 unspecified atom stereocenters. The molecule has 100 valence electrons. The zero-order valence-electron chi connectivity index (χ0n) is 11.2.